The third kappa shape index (κ3) is 5.19. The minimum Gasteiger partial charge on any atom is -0.335 e. The Morgan fingerprint density at radius 3 is 2.72 bits per heavy atom. The van der Waals surface area contributed by atoms with Crippen molar-refractivity contribution in [3.63, 3.8) is 0 Å². The number of unbranched alkanes of at least 4 members (excludes halogenated alkanes) is 1. The molecule has 1 atom stereocenters. The Labute approximate surface area is 193 Å². The molecule has 1 unspecified atom stereocenters. The van der Waals surface area contributed by atoms with Crippen molar-refractivity contribution in [2.75, 3.05) is 18.1 Å². The smallest absolute Gasteiger partial charge is 0.246 e. The summed E-state index contributed by atoms with van der Waals surface area (Å²) in [7, 11) is -3.06. The predicted octanol–water partition coefficient (Wildman–Crippen LogP) is 4.43. The number of thiophene rings is 1. The van der Waals surface area contributed by atoms with Gasteiger partial charge in [-0.1, -0.05) is 37.6 Å². The summed E-state index contributed by atoms with van der Waals surface area (Å²) in [6, 6.07) is 13.6. The van der Waals surface area contributed by atoms with E-state index in [0.29, 0.717) is 13.0 Å². The van der Waals surface area contributed by atoms with Gasteiger partial charge in [-0.15, -0.1) is 11.3 Å². The summed E-state index contributed by atoms with van der Waals surface area (Å²) in [5.74, 6) is 0.0666. The molecule has 0 bridgehead atoms. The van der Waals surface area contributed by atoms with Crippen LogP contribution in [-0.4, -0.2) is 53.1 Å². The highest BCUT2D eigenvalue weighted by molar-refractivity contribution is 7.91. The summed E-state index contributed by atoms with van der Waals surface area (Å²) in [6.07, 6.45) is 7.58. The van der Waals surface area contributed by atoms with Gasteiger partial charge >= 0.3 is 0 Å². The number of benzene rings is 1. The summed E-state index contributed by atoms with van der Waals surface area (Å²) in [5.41, 5.74) is 2.60. The average molecular weight is 470 g/mol. The number of nitrogens with zero attached hydrogens (tertiary/aromatic N) is 3. The number of sulfone groups is 1. The van der Waals surface area contributed by atoms with Crippen LogP contribution in [0.15, 0.2) is 60.1 Å². The molecule has 0 aliphatic carbocycles. The Morgan fingerprint density at radius 1 is 1.25 bits per heavy atom. The summed E-state index contributed by atoms with van der Waals surface area (Å²) in [6.45, 7) is 2.64. The monoisotopic (exact) mass is 469 g/mol. The molecule has 4 rings (SSSR count). The number of carbonyl (C=O) groups excluding carboxylic acids is 1. The molecule has 8 heteroatoms. The van der Waals surface area contributed by atoms with Crippen molar-refractivity contribution in [1.29, 1.82) is 0 Å². The lowest BCUT2D eigenvalue weighted by molar-refractivity contribution is -0.127. The van der Waals surface area contributed by atoms with Crippen molar-refractivity contribution in [2.45, 2.75) is 32.2 Å². The molecule has 1 aliphatic heterocycles. The number of hydrogen-bond donors (Lipinski definition) is 0. The Balaban J connectivity index is 1.62. The number of hydrogen-bond acceptors (Lipinski definition) is 5. The number of aromatic nitrogens is 2. The molecule has 0 saturated carbocycles. The Hall–Kier alpha value is -2.71. The van der Waals surface area contributed by atoms with E-state index in [2.05, 4.69) is 6.92 Å². The minimum atomic E-state index is -3.06. The van der Waals surface area contributed by atoms with E-state index in [0.717, 1.165) is 34.7 Å². The fraction of sp³-hybridized carbons (Fsp3) is 0.333. The van der Waals surface area contributed by atoms with E-state index in [1.165, 1.54) is 0 Å². The first-order valence-corrected chi connectivity index (χ1v) is 13.5. The second kappa shape index (κ2) is 9.83. The van der Waals surface area contributed by atoms with Gasteiger partial charge < -0.3 is 4.90 Å². The molecule has 1 saturated heterocycles. The van der Waals surface area contributed by atoms with Crippen molar-refractivity contribution in [3.8, 4) is 16.3 Å². The van der Waals surface area contributed by atoms with Gasteiger partial charge in [0, 0.05) is 30.4 Å². The number of carbonyl (C=O) groups is 1. The van der Waals surface area contributed by atoms with Crippen molar-refractivity contribution in [1.82, 2.24) is 14.7 Å². The van der Waals surface area contributed by atoms with Crippen LogP contribution in [0.1, 0.15) is 31.7 Å². The molecule has 3 aromatic rings. The maximum absolute atomic E-state index is 13.1. The molecule has 6 nitrogen and oxygen atoms in total. The third-order valence-electron chi connectivity index (χ3n) is 5.61. The van der Waals surface area contributed by atoms with Gasteiger partial charge in [0.2, 0.25) is 5.91 Å². The Bertz CT molecular complexity index is 1180. The van der Waals surface area contributed by atoms with E-state index in [-0.39, 0.29) is 23.5 Å². The average Bonchev–Trinajstić information content (AvgIpc) is 3.53. The van der Waals surface area contributed by atoms with E-state index in [1.807, 2.05) is 58.7 Å². The topological polar surface area (TPSA) is 72.3 Å². The van der Waals surface area contributed by atoms with E-state index in [9.17, 15) is 13.2 Å². The lowest BCUT2D eigenvalue weighted by atomic mass is 10.1. The molecular formula is C24H27N3O3S2. The third-order valence-corrected chi connectivity index (χ3v) is 8.24. The summed E-state index contributed by atoms with van der Waals surface area (Å²) < 4.78 is 25.8. The molecule has 32 heavy (non-hydrogen) atoms. The lowest BCUT2D eigenvalue weighted by Crippen LogP contribution is -2.40. The minimum absolute atomic E-state index is 0.0582. The highest BCUT2D eigenvalue weighted by Gasteiger charge is 2.33. The Morgan fingerprint density at radius 2 is 2.06 bits per heavy atom. The van der Waals surface area contributed by atoms with E-state index >= 15 is 0 Å². The highest BCUT2D eigenvalue weighted by Crippen LogP contribution is 2.29. The zero-order valence-corrected chi connectivity index (χ0v) is 19.7. The molecule has 1 aromatic carbocycles. The van der Waals surface area contributed by atoms with E-state index < -0.39 is 9.84 Å². The van der Waals surface area contributed by atoms with Crippen molar-refractivity contribution in [2.24, 2.45) is 0 Å². The first-order chi connectivity index (χ1) is 15.5. The molecule has 1 amide bonds. The van der Waals surface area contributed by atoms with Crippen molar-refractivity contribution in [3.05, 3.63) is 65.7 Å². The van der Waals surface area contributed by atoms with Gasteiger partial charge in [-0.2, -0.15) is 5.10 Å². The molecule has 1 aliphatic rings. The van der Waals surface area contributed by atoms with Gasteiger partial charge in [-0.3, -0.25) is 4.79 Å². The maximum Gasteiger partial charge on any atom is 0.246 e. The fourth-order valence-electron chi connectivity index (χ4n) is 3.91. The van der Waals surface area contributed by atoms with Crippen LogP contribution in [0.5, 0.6) is 0 Å². The van der Waals surface area contributed by atoms with Gasteiger partial charge in [-0.25, -0.2) is 13.1 Å². The zero-order chi connectivity index (χ0) is 22.6. The first kappa shape index (κ1) is 22.5. The highest BCUT2D eigenvalue weighted by atomic mass is 32.2. The molecule has 1 fully saturated rings. The summed E-state index contributed by atoms with van der Waals surface area (Å²) >= 11 is 1.60. The van der Waals surface area contributed by atoms with Crippen LogP contribution >= 0.6 is 11.3 Å². The largest absolute Gasteiger partial charge is 0.335 e. The standard InChI is InChI=1S/C24H27N3O3S2/c1-2-3-14-26(21-13-16-32(29,30)18-21)23(28)12-11-19-17-27(20-8-5-4-6-9-20)25-24(19)22-10-7-15-31-22/h4-12,15,17,21H,2-3,13-14,16,18H2,1H3/b12-11+. The number of amides is 1. The summed E-state index contributed by atoms with van der Waals surface area (Å²) in [4.78, 5) is 15.9. The first-order valence-electron chi connectivity index (χ1n) is 10.8. The van der Waals surface area contributed by atoms with E-state index in [1.54, 1.807) is 28.4 Å². The van der Waals surface area contributed by atoms with Crippen LogP contribution in [0.4, 0.5) is 0 Å². The number of rotatable bonds is 8. The van der Waals surface area contributed by atoms with Crippen molar-refractivity contribution >= 4 is 33.2 Å². The SMILES string of the molecule is CCCCN(C(=O)/C=C/c1cn(-c2ccccc2)nc1-c1cccs1)C1CCS(=O)(=O)C1. The lowest BCUT2D eigenvalue weighted by Gasteiger charge is -2.27. The van der Waals surface area contributed by atoms with Crippen LogP contribution in [0.3, 0.4) is 0 Å². The van der Waals surface area contributed by atoms with Crippen molar-refractivity contribution < 1.29 is 13.2 Å². The second-order valence-corrected chi connectivity index (χ2v) is 11.1. The van der Waals surface area contributed by atoms with Gasteiger partial charge in [0.05, 0.1) is 22.1 Å². The molecule has 2 aromatic heterocycles. The van der Waals surface area contributed by atoms with Crippen LogP contribution in [0.25, 0.3) is 22.3 Å². The number of para-hydroxylation sites is 1. The van der Waals surface area contributed by atoms with Crippen LogP contribution in [-0.2, 0) is 14.6 Å². The van der Waals surface area contributed by atoms with Crippen LogP contribution < -0.4 is 0 Å². The quantitative estimate of drug-likeness (QED) is 0.458. The van der Waals surface area contributed by atoms with Gasteiger partial charge in [0.25, 0.3) is 0 Å². The predicted molar refractivity (Wildman–Crippen MR) is 130 cm³/mol. The molecule has 168 valence electrons. The Kier molecular flexibility index (Phi) is 6.91. The van der Waals surface area contributed by atoms with Gasteiger partial charge in [-0.05, 0) is 42.5 Å². The maximum atomic E-state index is 13.1. The molecule has 0 spiro atoms. The molecule has 3 heterocycles. The zero-order valence-electron chi connectivity index (χ0n) is 18.1. The molecular weight excluding hydrogens is 442 g/mol. The normalized spacial score (nSPS) is 17.7. The van der Waals surface area contributed by atoms with E-state index in [4.69, 9.17) is 5.10 Å². The van der Waals surface area contributed by atoms with Gasteiger partial charge in [0.15, 0.2) is 9.84 Å². The fourth-order valence-corrected chi connectivity index (χ4v) is 6.37. The summed E-state index contributed by atoms with van der Waals surface area (Å²) in [5, 5.41) is 6.77. The van der Waals surface area contributed by atoms with Crippen LogP contribution in [0.2, 0.25) is 0 Å². The molecule has 0 N–H and O–H groups in total. The van der Waals surface area contributed by atoms with Crippen LogP contribution in [0, 0.1) is 0 Å². The van der Waals surface area contributed by atoms with Gasteiger partial charge in [0.1, 0.15) is 5.69 Å². The molecule has 0 radical (unpaired) electrons. The second-order valence-electron chi connectivity index (χ2n) is 7.97.